The van der Waals surface area contributed by atoms with Crippen LogP contribution in [0.15, 0.2) is 30.3 Å². The van der Waals surface area contributed by atoms with Crippen molar-refractivity contribution in [3.63, 3.8) is 0 Å². The van der Waals surface area contributed by atoms with Crippen LogP contribution in [0.25, 0.3) is 0 Å². The van der Waals surface area contributed by atoms with Crippen LogP contribution in [0.3, 0.4) is 0 Å². The largest absolute Gasteiger partial charge is 0.468 e. The van der Waals surface area contributed by atoms with Gasteiger partial charge < -0.3 is 4.74 Å². The highest BCUT2D eigenvalue weighted by atomic mass is 32.2. The molecule has 0 saturated carbocycles. The molecular weight excluding hydrogens is 318 g/mol. The van der Waals surface area contributed by atoms with Crippen molar-refractivity contribution in [2.75, 3.05) is 12.9 Å². The molecule has 1 rings (SSSR count). The lowest BCUT2D eigenvalue weighted by atomic mass is 10.1. The molecule has 1 atom stereocenters. The molecular formula is C15H25NO4SSi. The summed E-state index contributed by atoms with van der Waals surface area (Å²) in [5.74, 6) is -0.522. The van der Waals surface area contributed by atoms with Gasteiger partial charge in [-0.1, -0.05) is 50.0 Å². The number of carbonyl (C=O) groups excluding carboxylic acids is 1. The minimum atomic E-state index is -3.51. The van der Waals surface area contributed by atoms with E-state index in [-0.39, 0.29) is 12.2 Å². The molecule has 5 nitrogen and oxygen atoms in total. The van der Waals surface area contributed by atoms with Crippen molar-refractivity contribution in [3.05, 3.63) is 35.9 Å². The molecule has 1 N–H and O–H groups in total. The monoisotopic (exact) mass is 343 g/mol. The van der Waals surface area contributed by atoms with E-state index >= 15 is 0 Å². The molecule has 0 radical (unpaired) electrons. The fourth-order valence-electron chi connectivity index (χ4n) is 1.88. The van der Waals surface area contributed by atoms with E-state index in [2.05, 4.69) is 24.4 Å². The number of hydrogen-bond acceptors (Lipinski definition) is 4. The second-order valence-corrected chi connectivity index (χ2v) is 14.0. The second kappa shape index (κ2) is 7.89. The van der Waals surface area contributed by atoms with Crippen LogP contribution in [-0.2, 0) is 26.0 Å². The molecule has 0 aliphatic rings. The number of nitrogens with one attached hydrogen (secondary N) is 1. The maximum absolute atomic E-state index is 12.2. The zero-order valence-electron chi connectivity index (χ0n) is 13.6. The molecule has 0 heterocycles. The van der Waals surface area contributed by atoms with Crippen LogP contribution in [0.4, 0.5) is 0 Å². The number of hydrogen-bond donors (Lipinski definition) is 1. The van der Waals surface area contributed by atoms with E-state index in [1.54, 1.807) is 0 Å². The van der Waals surface area contributed by atoms with Crippen molar-refractivity contribution < 1.29 is 17.9 Å². The molecule has 0 bridgehead atoms. The average molecular weight is 344 g/mol. The fraction of sp³-hybridized carbons (Fsp3) is 0.533. The fourth-order valence-corrected chi connectivity index (χ4v) is 6.14. The summed E-state index contributed by atoms with van der Waals surface area (Å²) in [4.78, 5) is 11.9. The van der Waals surface area contributed by atoms with Crippen LogP contribution in [0.1, 0.15) is 5.56 Å². The molecule has 0 saturated heterocycles. The molecule has 0 amide bonds. The summed E-state index contributed by atoms with van der Waals surface area (Å²) in [6.07, 6.45) is 0.277. The van der Waals surface area contributed by atoms with Crippen LogP contribution in [0.5, 0.6) is 0 Å². The minimum absolute atomic E-state index is 0.0466. The Morgan fingerprint density at radius 3 is 2.32 bits per heavy atom. The molecule has 0 aromatic heterocycles. The first-order valence-corrected chi connectivity index (χ1v) is 12.6. The first-order chi connectivity index (χ1) is 10.1. The van der Waals surface area contributed by atoms with Gasteiger partial charge in [0.15, 0.2) is 0 Å². The van der Waals surface area contributed by atoms with Crippen molar-refractivity contribution in [2.24, 2.45) is 0 Å². The lowest BCUT2D eigenvalue weighted by Crippen LogP contribution is -2.44. The third-order valence-corrected chi connectivity index (χ3v) is 6.71. The van der Waals surface area contributed by atoms with Gasteiger partial charge in [0, 0.05) is 8.07 Å². The molecule has 0 fully saturated rings. The summed E-state index contributed by atoms with van der Waals surface area (Å²) in [5.41, 5.74) is 0.880. The van der Waals surface area contributed by atoms with Gasteiger partial charge in [-0.25, -0.2) is 13.1 Å². The van der Waals surface area contributed by atoms with Gasteiger partial charge in [0.25, 0.3) is 0 Å². The first-order valence-electron chi connectivity index (χ1n) is 7.25. The van der Waals surface area contributed by atoms with E-state index in [9.17, 15) is 13.2 Å². The van der Waals surface area contributed by atoms with Crippen molar-refractivity contribution in [2.45, 2.75) is 38.1 Å². The van der Waals surface area contributed by atoms with Crippen LogP contribution in [-0.4, -0.2) is 41.4 Å². The molecule has 1 aromatic rings. The van der Waals surface area contributed by atoms with Gasteiger partial charge in [-0.3, -0.25) is 4.79 Å². The third-order valence-electron chi connectivity index (χ3n) is 3.21. The Balaban J connectivity index is 2.79. The summed E-state index contributed by atoms with van der Waals surface area (Å²) < 4.78 is 31.6. The summed E-state index contributed by atoms with van der Waals surface area (Å²) in [5, 5.41) is 0. The summed E-state index contributed by atoms with van der Waals surface area (Å²) >= 11 is 0. The molecule has 0 aliphatic carbocycles. The SMILES string of the molecule is COC(=O)[C@H](Cc1ccccc1)NS(=O)(=O)CC[Si](C)(C)C. The van der Waals surface area contributed by atoms with E-state index in [0.29, 0.717) is 6.04 Å². The maximum atomic E-state index is 12.2. The first kappa shape index (κ1) is 18.9. The molecule has 0 unspecified atom stereocenters. The zero-order chi connectivity index (χ0) is 16.8. The highest BCUT2D eigenvalue weighted by Gasteiger charge is 2.27. The Bertz CT molecular complexity index is 581. The predicted molar refractivity (Wildman–Crippen MR) is 91.0 cm³/mol. The van der Waals surface area contributed by atoms with Crippen molar-refractivity contribution in [3.8, 4) is 0 Å². The van der Waals surface area contributed by atoms with Gasteiger partial charge in [0.2, 0.25) is 10.0 Å². The minimum Gasteiger partial charge on any atom is -0.468 e. The zero-order valence-corrected chi connectivity index (χ0v) is 15.4. The topological polar surface area (TPSA) is 72.5 Å². The quantitative estimate of drug-likeness (QED) is 0.579. The Labute approximate surface area is 134 Å². The Kier molecular flexibility index (Phi) is 6.77. The van der Waals surface area contributed by atoms with Crippen LogP contribution >= 0.6 is 0 Å². The Hall–Kier alpha value is -1.18. The van der Waals surface area contributed by atoms with Crippen molar-refractivity contribution in [1.82, 2.24) is 4.72 Å². The number of carbonyl (C=O) groups is 1. The molecule has 0 spiro atoms. The van der Waals surface area contributed by atoms with E-state index in [4.69, 9.17) is 4.74 Å². The molecule has 7 heteroatoms. The lowest BCUT2D eigenvalue weighted by Gasteiger charge is -2.19. The maximum Gasteiger partial charge on any atom is 0.324 e. The predicted octanol–water partition coefficient (Wildman–Crippen LogP) is 2.03. The normalized spacial score (nSPS) is 13.6. The van der Waals surface area contributed by atoms with Crippen molar-refractivity contribution in [1.29, 1.82) is 0 Å². The van der Waals surface area contributed by atoms with E-state index in [1.165, 1.54) is 7.11 Å². The van der Waals surface area contributed by atoms with Crippen molar-refractivity contribution >= 4 is 24.1 Å². The van der Waals surface area contributed by atoms with Gasteiger partial charge in [0.1, 0.15) is 6.04 Å². The summed E-state index contributed by atoms with van der Waals surface area (Å²) in [6.45, 7) is 6.35. The standard InChI is InChI=1S/C15H25NO4SSi/c1-20-15(17)14(12-13-8-6-5-7-9-13)16-21(18,19)10-11-22(2,3)4/h5-9,14,16H,10-12H2,1-4H3/t14-/m0/s1. The number of sulfonamides is 1. The number of ether oxygens (including phenoxy) is 1. The summed E-state index contributed by atoms with van der Waals surface area (Å²) in [6, 6.07) is 9.04. The Morgan fingerprint density at radius 2 is 1.82 bits per heavy atom. The smallest absolute Gasteiger partial charge is 0.324 e. The molecule has 0 aliphatic heterocycles. The molecule has 124 valence electrons. The average Bonchev–Trinajstić information content (AvgIpc) is 2.44. The van der Waals surface area contributed by atoms with E-state index in [1.807, 2.05) is 30.3 Å². The van der Waals surface area contributed by atoms with Gasteiger partial charge in [-0.15, -0.1) is 0 Å². The third kappa shape index (κ3) is 7.19. The van der Waals surface area contributed by atoms with Gasteiger partial charge in [0.05, 0.1) is 12.9 Å². The van der Waals surface area contributed by atoms with E-state index < -0.39 is 30.1 Å². The summed E-state index contributed by atoms with van der Waals surface area (Å²) in [7, 11) is -3.71. The highest BCUT2D eigenvalue weighted by molar-refractivity contribution is 7.89. The lowest BCUT2D eigenvalue weighted by molar-refractivity contribution is -0.142. The number of benzene rings is 1. The molecule has 22 heavy (non-hydrogen) atoms. The van der Waals surface area contributed by atoms with E-state index in [0.717, 1.165) is 5.56 Å². The number of esters is 1. The van der Waals surface area contributed by atoms with Gasteiger partial charge >= 0.3 is 5.97 Å². The number of rotatable bonds is 8. The highest BCUT2D eigenvalue weighted by Crippen LogP contribution is 2.11. The van der Waals surface area contributed by atoms with Crippen LogP contribution in [0.2, 0.25) is 25.7 Å². The van der Waals surface area contributed by atoms with Gasteiger partial charge in [-0.05, 0) is 18.0 Å². The Morgan fingerprint density at radius 1 is 1.23 bits per heavy atom. The van der Waals surface area contributed by atoms with Crippen LogP contribution < -0.4 is 4.72 Å². The molecule has 1 aromatic carbocycles. The number of methoxy groups -OCH3 is 1. The van der Waals surface area contributed by atoms with Crippen LogP contribution in [0, 0.1) is 0 Å². The second-order valence-electron chi connectivity index (χ2n) is 6.51. The van der Waals surface area contributed by atoms with Gasteiger partial charge in [-0.2, -0.15) is 0 Å².